The number of ether oxygens (including phenoxy) is 4. The average Bonchev–Trinajstić information content (AvgIpc) is 1.56. The molecule has 0 radical (unpaired) electrons. The molecule has 0 aliphatic carbocycles. The van der Waals surface area contributed by atoms with Crippen molar-refractivity contribution >= 4 is 35.4 Å². The van der Waals surface area contributed by atoms with E-state index in [1.165, 1.54) is 74.7 Å². The van der Waals surface area contributed by atoms with E-state index >= 15 is 0 Å². The monoisotopic (exact) mass is 1320 g/mol. The molecule has 2 amide bonds. The second-order valence-corrected chi connectivity index (χ2v) is 27.3. The predicted octanol–water partition coefficient (Wildman–Crippen LogP) is 9.07. The molecule has 2 aromatic heterocycles. The first-order valence-electron chi connectivity index (χ1n) is 33.4. The number of aliphatic carboxylic acids is 2. The first kappa shape index (κ1) is 76.2. The number of likely N-dealkylation sites (N-methyl/N-ethyl adjacent to an activating group) is 2. The third-order valence-electron chi connectivity index (χ3n) is 18.7. The summed E-state index contributed by atoms with van der Waals surface area (Å²) in [6, 6.07) is 9.03. The summed E-state index contributed by atoms with van der Waals surface area (Å²) < 4.78 is 51.8. The zero-order valence-electron chi connectivity index (χ0n) is 58.6. The van der Waals surface area contributed by atoms with Crippen LogP contribution in [-0.4, -0.2) is 250 Å². The van der Waals surface area contributed by atoms with Gasteiger partial charge in [-0.3, -0.25) is 19.4 Å². The number of hydrogen-bond acceptors (Lipinski definition) is 20. The SMILES string of the molecule is CCN(C(=O)c1cc(F)ccc1Oc1nncnc1N1CCC2(C1)CN([C@H](CCCN(C)C[C@H](C)OC)C(C)C)C2)C(C)C.CCN(C(=O)c1cc(F)ccc1Oc1nncnc1N1CCC2(C1)CN([C@H](CCCN(C)C[C@H](C)OC)C(C)C)C2)C(C)C.O=C(O)C(=O)O. The lowest BCUT2D eigenvalue weighted by atomic mass is 9.76. The molecule has 0 saturated carbocycles. The number of carbonyl (C=O) groups excluding carboxylic acids is 2. The Kier molecular flexibility index (Phi) is 28.6. The standard InChI is InChI=1S/2C33H52FN7O3.C2H2O4/c2*1-9-41(24(4)5)32(42)27-17-26(34)12-13-29(27)44-31-30(35-22-36-37-31)39-16-14-33(19-39)20-40(21-33)28(23(2)3)11-10-15-38(7)18-25(6)43-8;3-1(4)2(5)6/h2*12-13,17,22-25,28H,9-11,14-16,18-21H2,1-8H3;(H,3,4)(H,5,6)/t2*25-,28+;/m00./s1. The zero-order chi connectivity index (χ0) is 69.2. The first-order valence-corrected chi connectivity index (χ1v) is 33.4. The molecule has 2 spiro atoms. The van der Waals surface area contributed by atoms with Gasteiger partial charge < -0.3 is 58.6 Å². The molecule has 522 valence electrons. The number of hydrogen-bond donors (Lipinski definition) is 2. The predicted molar refractivity (Wildman–Crippen MR) is 357 cm³/mol. The van der Waals surface area contributed by atoms with Crippen molar-refractivity contribution in [1.82, 2.24) is 59.8 Å². The van der Waals surface area contributed by atoms with Crippen LogP contribution in [0.2, 0.25) is 0 Å². The van der Waals surface area contributed by atoms with E-state index in [-0.39, 0.29) is 81.3 Å². The van der Waals surface area contributed by atoms with E-state index in [9.17, 15) is 18.4 Å². The first-order chi connectivity index (χ1) is 44.6. The van der Waals surface area contributed by atoms with Crippen LogP contribution in [0.25, 0.3) is 0 Å². The Morgan fingerprint density at radius 2 is 0.936 bits per heavy atom. The van der Waals surface area contributed by atoms with Crippen LogP contribution in [-0.2, 0) is 19.1 Å². The zero-order valence-corrected chi connectivity index (χ0v) is 58.6. The normalized spacial score (nSPS) is 17.2. The number of aromatic nitrogens is 6. The van der Waals surface area contributed by atoms with Crippen molar-refractivity contribution in [1.29, 1.82) is 0 Å². The molecule has 4 atom stereocenters. The summed E-state index contributed by atoms with van der Waals surface area (Å²) in [4.78, 5) is 71.8. The summed E-state index contributed by atoms with van der Waals surface area (Å²) in [7, 11) is 7.88. The molecule has 0 bridgehead atoms. The van der Waals surface area contributed by atoms with Gasteiger partial charge in [0.1, 0.15) is 35.8 Å². The maximum absolute atomic E-state index is 14.3. The number of anilines is 2. The lowest BCUT2D eigenvalue weighted by Crippen LogP contribution is -2.62. The minimum absolute atomic E-state index is 0.0402. The number of amides is 2. The highest BCUT2D eigenvalue weighted by Crippen LogP contribution is 2.47. The second-order valence-electron chi connectivity index (χ2n) is 27.3. The molecule has 4 aliphatic rings. The molecule has 4 fully saturated rings. The Bertz CT molecular complexity index is 2880. The van der Waals surface area contributed by atoms with Crippen molar-refractivity contribution in [2.45, 2.75) is 158 Å². The topological polar surface area (TPSA) is 249 Å². The third kappa shape index (κ3) is 20.6. The summed E-state index contributed by atoms with van der Waals surface area (Å²) in [5.74, 6) is -1.92. The van der Waals surface area contributed by atoms with E-state index < -0.39 is 23.6 Å². The van der Waals surface area contributed by atoms with Crippen molar-refractivity contribution < 1.29 is 57.1 Å². The van der Waals surface area contributed by atoms with Crippen molar-refractivity contribution in [3.05, 3.63) is 71.8 Å². The smallest absolute Gasteiger partial charge is 0.414 e. The Morgan fingerprint density at radius 3 is 1.24 bits per heavy atom. The number of carboxylic acid groups (broad SMARTS) is 2. The average molecular weight is 1320 g/mol. The largest absolute Gasteiger partial charge is 0.473 e. The molecule has 94 heavy (non-hydrogen) atoms. The number of methoxy groups -OCH3 is 2. The van der Waals surface area contributed by atoms with Crippen molar-refractivity contribution in [2.75, 3.05) is 130 Å². The van der Waals surface area contributed by atoms with Gasteiger partial charge in [0.15, 0.2) is 11.6 Å². The molecule has 26 heteroatoms. The maximum atomic E-state index is 14.3. The molecule has 8 rings (SSSR count). The fourth-order valence-corrected chi connectivity index (χ4v) is 13.7. The summed E-state index contributed by atoms with van der Waals surface area (Å²) in [5, 5.41) is 31.2. The van der Waals surface area contributed by atoms with Crippen LogP contribution in [0.3, 0.4) is 0 Å². The van der Waals surface area contributed by atoms with Crippen LogP contribution in [0.5, 0.6) is 23.3 Å². The lowest BCUT2D eigenvalue weighted by Gasteiger charge is -2.53. The quantitative estimate of drug-likeness (QED) is 0.0462. The van der Waals surface area contributed by atoms with Crippen LogP contribution in [0, 0.1) is 34.3 Å². The van der Waals surface area contributed by atoms with Gasteiger partial charge in [0.25, 0.3) is 23.6 Å². The van der Waals surface area contributed by atoms with Crippen LogP contribution in [0.15, 0.2) is 49.1 Å². The molecule has 4 aromatic rings. The summed E-state index contributed by atoms with van der Waals surface area (Å²) in [6.07, 6.45) is 10.2. The number of likely N-dealkylation sites (tertiary alicyclic amines) is 2. The van der Waals surface area contributed by atoms with Gasteiger partial charge in [-0.25, -0.2) is 28.3 Å². The number of rotatable bonds is 30. The molecule has 0 unspecified atom stereocenters. The maximum Gasteiger partial charge on any atom is 0.414 e. The van der Waals surface area contributed by atoms with Crippen molar-refractivity contribution in [3.8, 4) is 23.3 Å². The fourth-order valence-electron chi connectivity index (χ4n) is 13.7. The minimum atomic E-state index is -1.82. The number of carbonyl (C=O) groups is 4. The van der Waals surface area contributed by atoms with E-state index in [0.717, 1.165) is 91.4 Å². The second kappa shape index (κ2) is 35.2. The minimum Gasteiger partial charge on any atom is -0.473 e. The highest BCUT2D eigenvalue weighted by molar-refractivity contribution is 6.27. The molecule has 4 saturated heterocycles. The Balaban J connectivity index is 0.000000274. The number of nitrogens with zero attached hydrogens (tertiary/aromatic N) is 14. The van der Waals surface area contributed by atoms with Gasteiger partial charge in [-0.15, -0.1) is 20.4 Å². The summed E-state index contributed by atoms with van der Waals surface area (Å²) >= 11 is 0. The van der Waals surface area contributed by atoms with E-state index in [4.69, 9.17) is 38.7 Å². The van der Waals surface area contributed by atoms with Crippen LogP contribution < -0.4 is 19.3 Å². The van der Waals surface area contributed by atoms with Gasteiger partial charge in [0.2, 0.25) is 0 Å². The highest BCUT2D eigenvalue weighted by atomic mass is 19.1. The van der Waals surface area contributed by atoms with Gasteiger partial charge in [-0.1, -0.05) is 27.7 Å². The summed E-state index contributed by atoms with van der Waals surface area (Å²) in [6.45, 7) is 37.8. The molecule has 24 nitrogen and oxygen atoms in total. The van der Waals surface area contributed by atoms with Crippen molar-refractivity contribution in [3.63, 3.8) is 0 Å². The Morgan fingerprint density at radius 1 is 0.574 bits per heavy atom. The molecule has 4 aliphatic heterocycles. The van der Waals surface area contributed by atoms with Gasteiger partial charge in [0.05, 0.1) is 23.3 Å². The summed E-state index contributed by atoms with van der Waals surface area (Å²) in [5.41, 5.74) is 0.721. The van der Waals surface area contributed by atoms with Crippen LogP contribution >= 0.6 is 0 Å². The van der Waals surface area contributed by atoms with E-state index in [2.05, 4.69) is 115 Å². The molecular formula is C68H106F2N14O10. The fraction of sp³-hybridized carbons (Fsp3) is 0.676. The number of halogens is 2. The molecule has 2 N–H and O–H groups in total. The Labute approximate surface area is 555 Å². The third-order valence-corrected chi connectivity index (χ3v) is 18.7. The Hall–Kier alpha value is -6.84. The molecule has 2 aromatic carbocycles. The molecule has 6 heterocycles. The van der Waals surface area contributed by atoms with E-state index in [1.807, 2.05) is 41.5 Å². The van der Waals surface area contributed by atoms with Crippen molar-refractivity contribution in [2.24, 2.45) is 22.7 Å². The van der Waals surface area contributed by atoms with Gasteiger partial charge >= 0.3 is 11.9 Å². The number of benzene rings is 2. The van der Waals surface area contributed by atoms with E-state index in [1.54, 1.807) is 24.0 Å². The van der Waals surface area contributed by atoms with Crippen LogP contribution in [0.4, 0.5) is 20.4 Å². The van der Waals surface area contributed by atoms with Gasteiger partial charge in [0, 0.05) is 128 Å². The lowest BCUT2D eigenvalue weighted by molar-refractivity contribution is -0.159. The van der Waals surface area contributed by atoms with E-state index in [0.29, 0.717) is 48.6 Å². The van der Waals surface area contributed by atoms with Crippen LogP contribution in [0.1, 0.15) is 142 Å². The molecular weight excluding hydrogens is 1210 g/mol. The number of carboxylic acids is 2. The van der Waals surface area contributed by atoms with Gasteiger partial charge in [-0.05, 0) is 169 Å². The highest BCUT2D eigenvalue weighted by Gasteiger charge is 2.52. The van der Waals surface area contributed by atoms with Gasteiger partial charge in [-0.2, -0.15) is 0 Å².